The van der Waals surface area contributed by atoms with Crippen molar-refractivity contribution in [2.45, 2.75) is 25.7 Å². The Morgan fingerprint density at radius 1 is 1.47 bits per heavy atom. The van der Waals surface area contributed by atoms with Crippen molar-refractivity contribution in [3.63, 3.8) is 0 Å². The molecule has 0 spiro atoms. The first-order chi connectivity index (χ1) is 6.81. The molecule has 0 rings (SSSR count). The van der Waals surface area contributed by atoms with Crippen LogP contribution < -0.4 is 11.6 Å². The SMILES string of the molecule is C=C(N)/C=C\N(N)COCC[Si](C)(C)C. The van der Waals surface area contributed by atoms with Gasteiger partial charge in [-0.3, -0.25) is 5.01 Å². The van der Waals surface area contributed by atoms with E-state index in [9.17, 15) is 0 Å². The summed E-state index contributed by atoms with van der Waals surface area (Å²) in [5, 5.41) is 1.45. The van der Waals surface area contributed by atoms with Gasteiger partial charge in [0.2, 0.25) is 0 Å². The first kappa shape index (κ1) is 14.2. The number of hydrogen-bond donors (Lipinski definition) is 2. The van der Waals surface area contributed by atoms with E-state index < -0.39 is 8.07 Å². The maximum Gasteiger partial charge on any atom is 0.132 e. The molecule has 0 atom stereocenters. The van der Waals surface area contributed by atoms with Gasteiger partial charge >= 0.3 is 0 Å². The number of ether oxygens (including phenoxy) is 1. The van der Waals surface area contributed by atoms with Crippen LogP contribution in [0.4, 0.5) is 0 Å². The normalized spacial score (nSPS) is 12.0. The van der Waals surface area contributed by atoms with E-state index >= 15 is 0 Å². The second-order valence-electron chi connectivity index (χ2n) is 4.75. The van der Waals surface area contributed by atoms with Crippen molar-refractivity contribution in [2.75, 3.05) is 13.3 Å². The average Bonchev–Trinajstić information content (AvgIpc) is 2.07. The molecule has 0 radical (unpaired) electrons. The lowest BCUT2D eigenvalue weighted by atomic mass is 10.5. The van der Waals surface area contributed by atoms with Crippen LogP contribution in [-0.4, -0.2) is 26.4 Å². The molecule has 15 heavy (non-hydrogen) atoms. The lowest BCUT2D eigenvalue weighted by Gasteiger charge is -2.18. The third-order valence-corrected chi connectivity index (χ3v) is 3.42. The molecule has 0 aromatic carbocycles. The Labute approximate surface area is 93.5 Å². The Hall–Kier alpha value is -0.783. The van der Waals surface area contributed by atoms with Crippen LogP contribution in [0.2, 0.25) is 25.7 Å². The van der Waals surface area contributed by atoms with E-state index in [1.54, 1.807) is 12.3 Å². The zero-order chi connectivity index (χ0) is 11.9. The maximum atomic E-state index is 5.61. The van der Waals surface area contributed by atoms with E-state index in [4.69, 9.17) is 16.3 Å². The van der Waals surface area contributed by atoms with Gasteiger partial charge in [0.05, 0.1) is 0 Å². The molecule has 0 saturated carbocycles. The lowest BCUT2D eigenvalue weighted by molar-refractivity contribution is 0.0621. The van der Waals surface area contributed by atoms with Gasteiger partial charge in [0.1, 0.15) is 6.73 Å². The van der Waals surface area contributed by atoms with E-state index in [0.29, 0.717) is 12.4 Å². The largest absolute Gasteiger partial charge is 0.399 e. The van der Waals surface area contributed by atoms with E-state index in [-0.39, 0.29) is 0 Å². The molecule has 0 fully saturated rings. The molecule has 0 aromatic heterocycles. The monoisotopic (exact) mass is 229 g/mol. The van der Waals surface area contributed by atoms with Gasteiger partial charge in [-0.1, -0.05) is 26.2 Å². The van der Waals surface area contributed by atoms with Crippen LogP contribution in [0.25, 0.3) is 0 Å². The second kappa shape index (κ2) is 6.65. The van der Waals surface area contributed by atoms with Gasteiger partial charge in [-0.25, -0.2) is 5.84 Å². The molecule has 4 N–H and O–H groups in total. The van der Waals surface area contributed by atoms with Gasteiger partial charge in [0, 0.05) is 26.6 Å². The predicted molar refractivity (Wildman–Crippen MR) is 67.5 cm³/mol. The summed E-state index contributed by atoms with van der Waals surface area (Å²) in [7, 11) is -1.00. The second-order valence-corrected chi connectivity index (χ2v) is 10.4. The Morgan fingerprint density at radius 3 is 2.53 bits per heavy atom. The fraction of sp³-hybridized carbons (Fsp3) is 0.600. The summed E-state index contributed by atoms with van der Waals surface area (Å²) in [6, 6.07) is 1.15. The van der Waals surface area contributed by atoms with Crippen LogP contribution in [0.15, 0.2) is 24.6 Å². The Balaban J connectivity index is 3.56. The average molecular weight is 229 g/mol. The number of allylic oxidation sites excluding steroid dienone is 1. The highest BCUT2D eigenvalue weighted by atomic mass is 28.3. The molecule has 88 valence electrons. The molecule has 0 unspecified atom stereocenters. The number of rotatable bonds is 7. The topological polar surface area (TPSA) is 64.5 Å². The Bertz CT molecular complexity index is 223. The number of nitrogens with two attached hydrogens (primary N) is 2. The molecule has 0 aliphatic carbocycles. The molecule has 0 heterocycles. The van der Waals surface area contributed by atoms with Crippen LogP contribution in [0.3, 0.4) is 0 Å². The highest BCUT2D eigenvalue weighted by Gasteiger charge is 2.11. The minimum absolute atomic E-state index is 0.383. The highest BCUT2D eigenvalue weighted by Crippen LogP contribution is 2.07. The minimum Gasteiger partial charge on any atom is -0.399 e. The maximum absolute atomic E-state index is 5.61. The summed E-state index contributed by atoms with van der Waals surface area (Å²) in [6.07, 6.45) is 3.29. The van der Waals surface area contributed by atoms with E-state index in [1.807, 2.05) is 0 Å². The zero-order valence-corrected chi connectivity index (χ0v) is 11.0. The highest BCUT2D eigenvalue weighted by molar-refractivity contribution is 6.76. The summed E-state index contributed by atoms with van der Waals surface area (Å²) in [5.41, 5.74) is 5.83. The quantitative estimate of drug-likeness (QED) is 0.173. The van der Waals surface area contributed by atoms with Gasteiger partial charge in [-0.2, -0.15) is 0 Å². The van der Waals surface area contributed by atoms with Crippen molar-refractivity contribution in [3.8, 4) is 0 Å². The molecule has 0 aromatic rings. The summed E-state index contributed by atoms with van der Waals surface area (Å²) in [5.74, 6) is 5.61. The van der Waals surface area contributed by atoms with Crippen LogP contribution in [-0.2, 0) is 4.74 Å². The lowest BCUT2D eigenvalue weighted by Crippen LogP contribution is -2.29. The zero-order valence-electron chi connectivity index (χ0n) is 9.99. The number of hydrazine groups is 1. The molecular weight excluding hydrogens is 206 g/mol. The molecule has 0 amide bonds. The first-order valence-corrected chi connectivity index (χ1v) is 8.73. The summed E-state index contributed by atoms with van der Waals surface area (Å²) in [6.45, 7) is 11.6. The molecule has 5 heteroatoms. The fourth-order valence-electron chi connectivity index (χ4n) is 0.783. The molecule has 0 aliphatic heterocycles. The first-order valence-electron chi connectivity index (χ1n) is 5.03. The minimum atomic E-state index is -1.00. The Kier molecular flexibility index (Phi) is 6.31. The molecular formula is C10H23N3OSi. The number of hydrogen-bond acceptors (Lipinski definition) is 4. The fourth-order valence-corrected chi connectivity index (χ4v) is 1.54. The van der Waals surface area contributed by atoms with E-state index in [2.05, 4.69) is 26.2 Å². The Morgan fingerprint density at radius 2 is 2.07 bits per heavy atom. The van der Waals surface area contributed by atoms with E-state index in [1.165, 1.54) is 5.01 Å². The van der Waals surface area contributed by atoms with Crippen LogP contribution in [0, 0.1) is 0 Å². The van der Waals surface area contributed by atoms with Crippen molar-refractivity contribution in [1.82, 2.24) is 5.01 Å². The van der Waals surface area contributed by atoms with Crippen molar-refractivity contribution in [1.29, 1.82) is 0 Å². The predicted octanol–water partition coefficient (Wildman–Crippen LogP) is 1.46. The van der Waals surface area contributed by atoms with Gasteiger partial charge < -0.3 is 10.5 Å². The number of nitrogens with zero attached hydrogens (tertiary/aromatic N) is 1. The van der Waals surface area contributed by atoms with Gasteiger partial charge in [-0.15, -0.1) is 0 Å². The van der Waals surface area contributed by atoms with Crippen molar-refractivity contribution in [3.05, 3.63) is 24.6 Å². The van der Waals surface area contributed by atoms with Gasteiger partial charge in [0.25, 0.3) is 0 Å². The van der Waals surface area contributed by atoms with Crippen LogP contribution in [0.5, 0.6) is 0 Å². The van der Waals surface area contributed by atoms with Crippen LogP contribution in [0.1, 0.15) is 0 Å². The standard InChI is InChI=1S/C10H23N3OSi/c1-10(11)5-6-13(12)9-14-7-8-15(2,3)4/h5-6H,1,7-9,11-12H2,2-4H3/b6-5-. The van der Waals surface area contributed by atoms with Crippen molar-refractivity contribution >= 4 is 8.07 Å². The van der Waals surface area contributed by atoms with E-state index in [0.717, 1.165) is 12.7 Å². The van der Waals surface area contributed by atoms with Crippen molar-refractivity contribution < 1.29 is 4.74 Å². The summed E-state index contributed by atoms with van der Waals surface area (Å²) >= 11 is 0. The third kappa shape index (κ3) is 11.1. The molecule has 0 bridgehead atoms. The van der Waals surface area contributed by atoms with Crippen LogP contribution >= 0.6 is 0 Å². The summed E-state index contributed by atoms with van der Waals surface area (Å²) in [4.78, 5) is 0. The molecule has 0 aliphatic rings. The smallest absolute Gasteiger partial charge is 0.132 e. The summed E-state index contributed by atoms with van der Waals surface area (Å²) < 4.78 is 5.42. The third-order valence-electron chi connectivity index (χ3n) is 1.72. The van der Waals surface area contributed by atoms with Gasteiger partial charge in [-0.05, 0) is 12.1 Å². The van der Waals surface area contributed by atoms with Crippen molar-refractivity contribution in [2.24, 2.45) is 11.6 Å². The molecule has 4 nitrogen and oxygen atoms in total. The molecule has 0 saturated heterocycles. The van der Waals surface area contributed by atoms with Gasteiger partial charge in [0.15, 0.2) is 0 Å².